The Morgan fingerprint density at radius 2 is 1.89 bits per heavy atom. The fraction of sp³-hybridized carbons (Fsp3) is 0.167. The minimum absolute atomic E-state index is 0.0989. The van der Waals surface area contributed by atoms with Crippen LogP contribution in [-0.4, -0.2) is 30.9 Å². The summed E-state index contributed by atoms with van der Waals surface area (Å²) in [6.45, 7) is 0. The summed E-state index contributed by atoms with van der Waals surface area (Å²) in [5, 5.41) is 0.770. The molecular formula is C18H15Cl2N3O4. The molecule has 1 heterocycles. The van der Waals surface area contributed by atoms with Gasteiger partial charge in [-0.15, -0.1) is 0 Å². The molecular weight excluding hydrogens is 393 g/mol. The molecule has 2 aromatic rings. The largest absolute Gasteiger partial charge is 0.496 e. The van der Waals surface area contributed by atoms with Crippen LogP contribution in [0.15, 0.2) is 42.5 Å². The highest BCUT2D eigenvalue weighted by Crippen LogP contribution is 2.26. The number of hydrazine groups is 1. The molecule has 2 N–H and O–H groups in total. The Morgan fingerprint density at radius 3 is 2.59 bits per heavy atom. The zero-order valence-electron chi connectivity index (χ0n) is 14.2. The third kappa shape index (κ3) is 4.05. The predicted molar refractivity (Wildman–Crippen MR) is 101 cm³/mol. The first-order chi connectivity index (χ1) is 12.9. The summed E-state index contributed by atoms with van der Waals surface area (Å²) in [6, 6.07) is 10.1. The average Bonchev–Trinajstić information content (AvgIpc) is 2.93. The van der Waals surface area contributed by atoms with Crippen LogP contribution in [0, 0.1) is 0 Å². The number of anilines is 1. The molecule has 140 valence electrons. The molecule has 2 aromatic carbocycles. The number of hydrogen-bond donors (Lipinski definition) is 2. The zero-order chi connectivity index (χ0) is 19.6. The van der Waals surface area contributed by atoms with E-state index >= 15 is 0 Å². The Morgan fingerprint density at radius 1 is 1.15 bits per heavy atom. The van der Waals surface area contributed by atoms with Crippen molar-refractivity contribution in [2.24, 2.45) is 0 Å². The van der Waals surface area contributed by atoms with Gasteiger partial charge < -0.3 is 4.74 Å². The van der Waals surface area contributed by atoms with Crippen LogP contribution in [0.2, 0.25) is 10.0 Å². The number of carbonyl (C=O) groups excluding carboxylic acids is 3. The van der Waals surface area contributed by atoms with Crippen LogP contribution in [-0.2, 0) is 9.59 Å². The quantitative estimate of drug-likeness (QED) is 0.587. The van der Waals surface area contributed by atoms with Gasteiger partial charge in [0.2, 0.25) is 5.91 Å². The molecule has 0 aromatic heterocycles. The number of carbonyl (C=O) groups is 3. The fourth-order valence-corrected chi connectivity index (χ4v) is 3.07. The molecule has 0 saturated carbocycles. The second-order valence-electron chi connectivity index (χ2n) is 5.75. The molecule has 0 radical (unpaired) electrons. The Kier molecular flexibility index (Phi) is 5.65. The monoisotopic (exact) mass is 407 g/mol. The number of ether oxygens (including phenoxy) is 1. The van der Waals surface area contributed by atoms with Gasteiger partial charge in [0.1, 0.15) is 11.8 Å². The van der Waals surface area contributed by atoms with Crippen molar-refractivity contribution in [3.8, 4) is 5.75 Å². The fourth-order valence-electron chi connectivity index (χ4n) is 2.71. The third-order valence-corrected chi connectivity index (χ3v) is 4.45. The minimum Gasteiger partial charge on any atom is -0.496 e. The molecule has 0 aliphatic carbocycles. The molecule has 7 nitrogen and oxygen atoms in total. The zero-order valence-corrected chi connectivity index (χ0v) is 15.7. The van der Waals surface area contributed by atoms with Gasteiger partial charge in [0, 0.05) is 10.0 Å². The van der Waals surface area contributed by atoms with E-state index in [1.54, 1.807) is 30.3 Å². The normalized spacial score (nSPS) is 16.6. The number of benzene rings is 2. The van der Waals surface area contributed by atoms with Crippen molar-refractivity contribution in [2.45, 2.75) is 12.5 Å². The molecule has 0 spiro atoms. The van der Waals surface area contributed by atoms with Gasteiger partial charge in [-0.05, 0) is 36.4 Å². The van der Waals surface area contributed by atoms with E-state index in [1.165, 1.54) is 19.2 Å². The lowest BCUT2D eigenvalue weighted by molar-refractivity contribution is -0.121. The van der Waals surface area contributed by atoms with Crippen molar-refractivity contribution in [3.63, 3.8) is 0 Å². The Bertz CT molecular complexity index is 919. The molecule has 1 atom stereocenters. The molecule has 0 bridgehead atoms. The number of halogens is 2. The first-order valence-corrected chi connectivity index (χ1v) is 8.68. The Hall–Kier alpha value is -2.61. The molecule has 27 heavy (non-hydrogen) atoms. The second kappa shape index (κ2) is 7.96. The third-order valence-electron chi connectivity index (χ3n) is 3.98. The van der Waals surface area contributed by atoms with Crippen LogP contribution in [0.1, 0.15) is 16.8 Å². The van der Waals surface area contributed by atoms with Gasteiger partial charge in [-0.1, -0.05) is 29.3 Å². The highest BCUT2D eigenvalue weighted by Gasteiger charge is 2.39. The summed E-state index contributed by atoms with van der Waals surface area (Å²) in [5.41, 5.74) is 5.60. The number of amides is 3. The van der Waals surface area contributed by atoms with Crippen molar-refractivity contribution in [3.05, 3.63) is 58.1 Å². The van der Waals surface area contributed by atoms with E-state index in [0.717, 1.165) is 4.90 Å². The van der Waals surface area contributed by atoms with E-state index in [-0.39, 0.29) is 12.0 Å². The lowest BCUT2D eigenvalue weighted by Crippen LogP contribution is -2.48. The highest BCUT2D eigenvalue weighted by molar-refractivity contribution is 6.31. The molecule has 3 rings (SSSR count). The molecule has 1 saturated heterocycles. The summed E-state index contributed by atoms with van der Waals surface area (Å²) < 4.78 is 5.13. The van der Waals surface area contributed by atoms with Crippen LogP contribution in [0.4, 0.5) is 5.69 Å². The van der Waals surface area contributed by atoms with E-state index in [1.807, 2.05) is 0 Å². The Labute approximate surface area is 165 Å². The van der Waals surface area contributed by atoms with Crippen molar-refractivity contribution >= 4 is 46.6 Å². The van der Waals surface area contributed by atoms with Gasteiger partial charge in [0.05, 0.1) is 24.8 Å². The Balaban J connectivity index is 1.70. The first-order valence-electron chi connectivity index (χ1n) is 7.92. The van der Waals surface area contributed by atoms with Gasteiger partial charge in [-0.25, -0.2) is 10.3 Å². The van der Waals surface area contributed by atoms with E-state index < -0.39 is 23.8 Å². The molecule has 0 unspecified atom stereocenters. The summed E-state index contributed by atoms with van der Waals surface area (Å²) >= 11 is 11.8. The van der Waals surface area contributed by atoms with Crippen molar-refractivity contribution in [1.82, 2.24) is 10.9 Å². The number of nitrogens with one attached hydrogen (secondary N) is 2. The first kappa shape index (κ1) is 19.2. The van der Waals surface area contributed by atoms with Crippen LogP contribution < -0.4 is 20.5 Å². The lowest BCUT2D eigenvalue weighted by atomic mass is 10.2. The van der Waals surface area contributed by atoms with Crippen LogP contribution in [0.3, 0.4) is 0 Å². The van der Waals surface area contributed by atoms with Gasteiger partial charge in [0.25, 0.3) is 11.8 Å². The second-order valence-corrected chi connectivity index (χ2v) is 6.62. The van der Waals surface area contributed by atoms with Gasteiger partial charge >= 0.3 is 0 Å². The molecule has 3 amide bonds. The maximum atomic E-state index is 12.6. The smallest absolute Gasteiger partial charge is 0.269 e. The number of hydrogen-bond acceptors (Lipinski definition) is 5. The summed E-state index contributed by atoms with van der Waals surface area (Å²) in [5.74, 6) is -1.10. The summed E-state index contributed by atoms with van der Waals surface area (Å²) in [4.78, 5) is 38.2. The van der Waals surface area contributed by atoms with Gasteiger partial charge in [0.15, 0.2) is 0 Å². The maximum absolute atomic E-state index is 12.6. The van der Waals surface area contributed by atoms with E-state index in [4.69, 9.17) is 27.9 Å². The molecule has 1 aliphatic heterocycles. The van der Waals surface area contributed by atoms with E-state index in [0.29, 0.717) is 21.5 Å². The highest BCUT2D eigenvalue weighted by atomic mass is 35.5. The number of nitrogens with zero attached hydrogens (tertiary/aromatic N) is 1. The maximum Gasteiger partial charge on any atom is 0.269 e. The van der Waals surface area contributed by atoms with Crippen LogP contribution in [0.25, 0.3) is 0 Å². The van der Waals surface area contributed by atoms with Gasteiger partial charge in [-0.3, -0.25) is 19.8 Å². The standard InChI is InChI=1S/C18H15Cl2N3O4/c1-27-15-6-5-11(20)8-13(15)17(25)22-21-14-9-16(24)23(18(14)26)12-4-2-3-10(19)7-12/h2-8,14,21H,9H2,1H3,(H,22,25)/t14-/m1/s1. The van der Waals surface area contributed by atoms with Crippen molar-refractivity contribution < 1.29 is 19.1 Å². The van der Waals surface area contributed by atoms with Crippen molar-refractivity contribution in [2.75, 3.05) is 12.0 Å². The SMILES string of the molecule is COc1ccc(Cl)cc1C(=O)NN[C@@H]1CC(=O)N(c2cccc(Cl)c2)C1=O. The number of imide groups is 1. The average molecular weight is 408 g/mol. The van der Waals surface area contributed by atoms with Crippen molar-refractivity contribution in [1.29, 1.82) is 0 Å². The van der Waals surface area contributed by atoms with Crippen LogP contribution >= 0.6 is 23.2 Å². The molecule has 1 aliphatic rings. The molecule has 9 heteroatoms. The van der Waals surface area contributed by atoms with Gasteiger partial charge in [-0.2, -0.15) is 0 Å². The van der Waals surface area contributed by atoms with Crippen LogP contribution in [0.5, 0.6) is 5.75 Å². The topological polar surface area (TPSA) is 87.7 Å². The van der Waals surface area contributed by atoms with E-state index in [9.17, 15) is 14.4 Å². The number of methoxy groups -OCH3 is 1. The minimum atomic E-state index is -0.898. The number of rotatable bonds is 5. The summed E-state index contributed by atoms with van der Waals surface area (Å²) in [6.07, 6.45) is -0.0989. The predicted octanol–water partition coefficient (Wildman–Crippen LogP) is 2.57. The molecule has 1 fully saturated rings. The lowest BCUT2D eigenvalue weighted by Gasteiger charge is -2.16. The van der Waals surface area contributed by atoms with E-state index in [2.05, 4.69) is 10.9 Å². The summed E-state index contributed by atoms with van der Waals surface area (Å²) in [7, 11) is 1.43.